The van der Waals surface area contributed by atoms with Gasteiger partial charge in [0, 0.05) is 12.1 Å². The lowest BCUT2D eigenvalue weighted by Crippen LogP contribution is -2.55. The summed E-state index contributed by atoms with van der Waals surface area (Å²) in [4.78, 5) is 37.8. The predicted octanol–water partition coefficient (Wildman–Crippen LogP) is 11.0. The lowest BCUT2D eigenvalue weighted by atomic mass is 9.44. The number of benzene rings is 2. The largest absolute Gasteiger partial charge is 0.505 e. The molecule has 8 N–H and O–H groups in total. The highest BCUT2D eigenvalue weighted by Crippen LogP contribution is 2.68. The molecular formula is C44H60Cl2N2O7. The maximum atomic E-state index is 13.8. The Morgan fingerprint density at radius 2 is 1.36 bits per heavy atom. The standard InChI is InChI=1S/C44H57Cl2NO7.H3N/c1-23(2)7-6-8-24(3)33-11-12-34-29-10-9-27-21-28(13-15-43(27,4)35(29)14-16-44(33,34)5)47-38(48)22-30(25-17-31(41(51)52)39(49)36(45)19-25)26-18-32(42(53)54)40(50)37(46)20-26;/h17-20,22-24,27-29,33-35,49-50H,6-16,21H2,1-5H3,(H,47,48)(H,51,52)(H,53,54);1H3/t24?,27-,28+,29?,33?,34?,35?,43-,44+;/m0./s1. The van der Waals surface area contributed by atoms with Gasteiger partial charge in [-0.1, -0.05) is 77.1 Å². The van der Waals surface area contributed by atoms with E-state index in [1.807, 2.05) is 0 Å². The van der Waals surface area contributed by atoms with Crippen molar-refractivity contribution in [3.05, 3.63) is 62.6 Å². The highest BCUT2D eigenvalue weighted by molar-refractivity contribution is 6.33. The maximum absolute atomic E-state index is 13.8. The molecule has 0 heterocycles. The SMILES string of the molecule is CC(C)CCCC(C)C1CCC2C3CC[C@H]4C[C@H](NC(=O)C=C(c5cc(Cl)c(O)c(C(=O)O)c5)c5cc(Cl)c(O)c(C(=O)O)c5)CC[C@]4(C)C3CC[C@]12C.N. The Bertz CT molecular complexity index is 1760. The third-order valence-corrected chi connectivity index (χ3v) is 15.3. The third-order valence-electron chi connectivity index (χ3n) is 14.7. The van der Waals surface area contributed by atoms with Crippen LogP contribution in [0.15, 0.2) is 30.3 Å². The van der Waals surface area contributed by atoms with Crippen molar-refractivity contribution in [3.8, 4) is 11.5 Å². The number of fused-ring (bicyclic) bond motifs is 5. The zero-order chi connectivity index (χ0) is 39.3. The van der Waals surface area contributed by atoms with E-state index in [0.717, 1.165) is 48.9 Å². The van der Waals surface area contributed by atoms with Crippen LogP contribution >= 0.6 is 23.2 Å². The number of aromatic carboxylic acids is 2. The first-order valence-corrected chi connectivity index (χ1v) is 20.7. The van der Waals surface area contributed by atoms with Crippen molar-refractivity contribution in [2.24, 2.45) is 52.3 Å². The number of carbonyl (C=O) groups excluding carboxylic acids is 1. The van der Waals surface area contributed by atoms with Crippen LogP contribution < -0.4 is 11.5 Å². The van der Waals surface area contributed by atoms with Gasteiger partial charge in [0.1, 0.15) is 22.6 Å². The molecule has 2 aromatic carbocycles. The Hall–Kier alpha value is -3.27. The normalized spacial score (nSPS) is 30.3. The van der Waals surface area contributed by atoms with Crippen molar-refractivity contribution in [3.63, 3.8) is 0 Å². The van der Waals surface area contributed by atoms with E-state index in [1.165, 1.54) is 88.1 Å². The molecule has 0 spiro atoms. The molecule has 4 saturated carbocycles. The van der Waals surface area contributed by atoms with Crippen molar-refractivity contribution < 1.29 is 34.8 Å². The molecule has 4 aliphatic carbocycles. The van der Waals surface area contributed by atoms with E-state index in [1.54, 1.807) is 0 Å². The van der Waals surface area contributed by atoms with Gasteiger partial charge in [0.15, 0.2) is 0 Å². The number of halogens is 2. The van der Waals surface area contributed by atoms with E-state index in [4.69, 9.17) is 23.2 Å². The number of hydrogen-bond donors (Lipinski definition) is 6. The zero-order valence-electron chi connectivity index (χ0n) is 33.0. The first kappa shape index (κ1) is 42.9. The molecule has 4 fully saturated rings. The molecule has 0 bridgehead atoms. The fraction of sp³-hybridized carbons (Fsp3) is 0.614. The Morgan fingerprint density at radius 3 is 1.93 bits per heavy atom. The first-order valence-electron chi connectivity index (χ1n) is 20.0. The molecule has 1 amide bonds. The number of hydrogen-bond acceptors (Lipinski definition) is 6. The number of nitrogens with one attached hydrogen (secondary N) is 1. The molecule has 9 atom stereocenters. The molecule has 2 aromatic rings. The summed E-state index contributed by atoms with van der Waals surface area (Å²) >= 11 is 12.5. The molecular weight excluding hydrogens is 739 g/mol. The Kier molecular flexibility index (Phi) is 13.0. The van der Waals surface area contributed by atoms with Crippen molar-refractivity contribution >= 4 is 46.6 Å². The van der Waals surface area contributed by atoms with E-state index < -0.39 is 40.5 Å². The monoisotopic (exact) mass is 798 g/mol. The molecule has 0 aromatic heterocycles. The minimum atomic E-state index is -1.43. The minimum Gasteiger partial charge on any atom is -0.505 e. The number of phenols is 2. The lowest BCUT2D eigenvalue weighted by molar-refractivity contribution is -0.125. The third kappa shape index (κ3) is 8.26. The fourth-order valence-corrected chi connectivity index (χ4v) is 12.4. The number of amides is 1. The minimum absolute atomic E-state index is 0. The molecule has 0 saturated heterocycles. The molecule has 11 heteroatoms. The van der Waals surface area contributed by atoms with Crippen molar-refractivity contribution in [2.75, 3.05) is 0 Å². The number of carbonyl (C=O) groups is 3. The van der Waals surface area contributed by atoms with E-state index >= 15 is 0 Å². The number of aromatic hydroxyl groups is 2. The molecule has 4 aliphatic rings. The van der Waals surface area contributed by atoms with Crippen LogP contribution in [0.25, 0.3) is 5.57 Å². The first-order chi connectivity index (χ1) is 25.4. The molecule has 0 radical (unpaired) electrons. The second kappa shape index (κ2) is 16.7. The van der Waals surface area contributed by atoms with Crippen LogP contribution in [0.3, 0.4) is 0 Å². The van der Waals surface area contributed by atoms with Gasteiger partial charge in [-0.05, 0) is 151 Å². The van der Waals surface area contributed by atoms with E-state index in [2.05, 4.69) is 39.9 Å². The average molecular weight is 800 g/mol. The fourth-order valence-electron chi connectivity index (χ4n) is 12.0. The van der Waals surface area contributed by atoms with Gasteiger partial charge in [0.05, 0.1) is 10.0 Å². The van der Waals surface area contributed by atoms with Gasteiger partial charge < -0.3 is 31.9 Å². The Labute approximate surface area is 335 Å². The highest BCUT2D eigenvalue weighted by Gasteiger charge is 2.60. The van der Waals surface area contributed by atoms with Crippen LogP contribution in [0, 0.1) is 52.3 Å². The predicted molar refractivity (Wildman–Crippen MR) is 217 cm³/mol. The molecule has 302 valence electrons. The molecule has 0 aliphatic heterocycles. The summed E-state index contributed by atoms with van der Waals surface area (Å²) in [6.07, 6.45) is 15.9. The maximum Gasteiger partial charge on any atom is 0.339 e. The van der Waals surface area contributed by atoms with Gasteiger partial charge in [-0.3, -0.25) is 4.79 Å². The average Bonchev–Trinajstić information content (AvgIpc) is 3.46. The van der Waals surface area contributed by atoms with Crippen LogP contribution in [-0.4, -0.2) is 44.3 Å². The highest BCUT2D eigenvalue weighted by atomic mass is 35.5. The van der Waals surface area contributed by atoms with Gasteiger partial charge >= 0.3 is 11.9 Å². The number of carboxylic acid groups (broad SMARTS) is 2. The number of carboxylic acids is 2. The molecule has 5 unspecified atom stereocenters. The van der Waals surface area contributed by atoms with Gasteiger partial charge in [0.2, 0.25) is 5.91 Å². The van der Waals surface area contributed by atoms with Gasteiger partial charge in [-0.15, -0.1) is 0 Å². The lowest BCUT2D eigenvalue weighted by Gasteiger charge is -2.61. The summed E-state index contributed by atoms with van der Waals surface area (Å²) in [6, 6.07) is 4.90. The van der Waals surface area contributed by atoms with Crippen molar-refractivity contribution in [1.29, 1.82) is 0 Å². The number of rotatable bonds is 11. The summed E-state index contributed by atoms with van der Waals surface area (Å²) < 4.78 is 0. The zero-order valence-corrected chi connectivity index (χ0v) is 34.5. The summed E-state index contributed by atoms with van der Waals surface area (Å²) in [5.41, 5.74) is 0.152. The van der Waals surface area contributed by atoms with Gasteiger partial charge in [-0.25, -0.2) is 9.59 Å². The summed E-state index contributed by atoms with van der Waals surface area (Å²) in [6.45, 7) is 12.3. The van der Waals surface area contributed by atoms with Crippen LogP contribution in [-0.2, 0) is 4.79 Å². The molecule has 9 nitrogen and oxygen atoms in total. The second-order valence-corrected chi connectivity index (χ2v) is 18.9. The molecule has 6 rings (SSSR count). The summed E-state index contributed by atoms with van der Waals surface area (Å²) in [5.74, 6) is 0.606. The van der Waals surface area contributed by atoms with Crippen LogP contribution in [0.1, 0.15) is 144 Å². The van der Waals surface area contributed by atoms with E-state index in [-0.39, 0.29) is 44.4 Å². The summed E-state index contributed by atoms with van der Waals surface area (Å²) in [7, 11) is 0. The summed E-state index contributed by atoms with van der Waals surface area (Å²) in [5, 5.41) is 42.8. The Balaban J connectivity index is 0.00000580. The topological polar surface area (TPSA) is 179 Å². The van der Waals surface area contributed by atoms with Gasteiger partial charge in [0.25, 0.3) is 0 Å². The smallest absolute Gasteiger partial charge is 0.339 e. The van der Waals surface area contributed by atoms with Crippen molar-refractivity contribution in [2.45, 2.75) is 118 Å². The van der Waals surface area contributed by atoms with Crippen molar-refractivity contribution in [1.82, 2.24) is 11.5 Å². The Morgan fingerprint density at radius 1 is 0.800 bits per heavy atom. The van der Waals surface area contributed by atoms with Gasteiger partial charge in [-0.2, -0.15) is 0 Å². The van der Waals surface area contributed by atoms with E-state index in [9.17, 15) is 34.8 Å². The van der Waals surface area contributed by atoms with Crippen LogP contribution in [0.5, 0.6) is 11.5 Å². The van der Waals surface area contributed by atoms with Crippen LogP contribution in [0.2, 0.25) is 10.0 Å². The van der Waals surface area contributed by atoms with E-state index in [0.29, 0.717) is 17.3 Å². The second-order valence-electron chi connectivity index (χ2n) is 18.0. The molecule has 55 heavy (non-hydrogen) atoms. The van der Waals surface area contributed by atoms with Crippen LogP contribution in [0.4, 0.5) is 0 Å². The quantitative estimate of drug-likeness (QED) is 0.122.